The van der Waals surface area contributed by atoms with Gasteiger partial charge in [-0.25, -0.2) is 4.79 Å². The number of methoxy groups -OCH3 is 1. The minimum absolute atomic E-state index is 0.0671. The summed E-state index contributed by atoms with van der Waals surface area (Å²) in [4.78, 5) is 20.6. The van der Waals surface area contributed by atoms with E-state index in [2.05, 4.69) is 5.32 Å². The number of ether oxygens (including phenoxy) is 1. The van der Waals surface area contributed by atoms with Crippen LogP contribution in [0.1, 0.15) is 23.2 Å². The molecule has 0 saturated carbocycles. The predicted molar refractivity (Wildman–Crippen MR) is 70.3 cm³/mol. The number of phenols is 1. The van der Waals surface area contributed by atoms with Gasteiger partial charge in [-0.05, 0) is 37.6 Å². The van der Waals surface area contributed by atoms with Crippen molar-refractivity contribution in [3.8, 4) is 11.5 Å². The number of aromatic carboxylic acids is 1. The Hall–Kier alpha value is -2.28. The zero-order valence-corrected chi connectivity index (χ0v) is 11.0. The van der Waals surface area contributed by atoms with Crippen molar-refractivity contribution in [2.45, 2.75) is 18.9 Å². The summed E-state index contributed by atoms with van der Waals surface area (Å²) >= 11 is 0. The van der Waals surface area contributed by atoms with E-state index in [-0.39, 0.29) is 23.1 Å². The van der Waals surface area contributed by atoms with E-state index in [9.17, 15) is 9.59 Å². The molecule has 2 rings (SSSR count). The standard InChI is InChI=1S/C8H8O4.C5H9NO2/c1-12-7-4-5(8(10)11)2-3-6(7)9;7-5(8)4-2-1-3-6-4/h2-4,9H,1H3,(H,10,11);4,6H,1-3H2,(H,7,8)/t;4-/m.0/s1. The molecule has 1 aliphatic rings. The summed E-state index contributed by atoms with van der Waals surface area (Å²) in [6.07, 6.45) is 1.78. The number of rotatable bonds is 3. The normalized spacial score (nSPS) is 16.9. The molecule has 1 aliphatic heterocycles. The second kappa shape index (κ2) is 7.34. The molecule has 0 bridgehead atoms. The fourth-order valence-corrected chi connectivity index (χ4v) is 1.71. The topological polar surface area (TPSA) is 116 Å². The Labute approximate surface area is 115 Å². The molecule has 1 fully saturated rings. The molecule has 0 aliphatic carbocycles. The fraction of sp³-hybridized carbons (Fsp3) is 0.385. The summed E-state index contributed by atoms with van der Waals surface area (Å²) in [7, 11) is 1.36. The third-order valence-electron chi connectivity index (χ3n) is 2.79. The molecule has 4 N–H and O–H groups in total. The summed E-state index contributed by atoms with van der Waals surface area (Å²) in [5, 5.41) is 28.9. The van der Waals surface area contributed by atoms with Crippen molar-refractivity contribution in [2.75, 3.05) is 13.7 Å². The second-order valence-corrected chi connectivity index (χ2v) is 4.18. The fourth-order valence-electron chi connectivity index (χ4n) is 1.71. The number of carbonyl (C=O) groups is 2. The van der Waals surface area contributed by atoms with E-state index in [0.29, 0.717) is 0 Å². The first-order valence-electron chi connectivity index (χ1n) is 6.02. The van der Waals surface area contributed by atoms with Crippen LogP contribution in [0, 0.1) is 0 Å². The second-order valence-electron chi connectivity index (χ2n) is 4.18. The summed E-state index contributed by atoms with van der Waals surface area (Å²) in [6, 6.07) is 3.58. The van der Waals surface area contributed by atoms with Gasteiger partial charge in [-0.2, -0.15) is 0 Å². The van der Waals surface area contributed by atoms with E-state index < -0.39 is 11.9 Å². The number of hydrogen-bond donors (Lipinski definition) is 4. The molecule has 0 aromatic heterocycles. The van der Waals surface area contributed by atoms with Crippen molar-refractivity contribution >= 4 is 11.9 Å². The molecule has 7 nitrogen and oxygen atoms in total. The predicted octanol–water partition coefficient (Wildman–Crippen LogP) is 0.922. The largest absolute Gasteiger partial charge is 0.504 e. The molecule has 0 amide bonds. The number of aromatic hydroxyl groups is 1. The zero-order chi connectivity index (χ0) is 15.1. The van der Waals surface area contributed by atoms with Crippen LogP contribution in [-0.4, -0.2) is 47.0 Å². The SMILES string of the molecule is COc1cc(C(=O)O)ccc1O.O=C(O)[C@@H]1CCCN1. The van der Waals surface area contributed by atoms with Gasteiger partial charge in [0.15, 0.2) is 11.5 Å². The van der Waals surface area contributed by atoms with Crippen LogP contribution >= 0.6 is 0 Å². The van der Waals surface area contributed by atoms with Crippen LogP contribution in [0.3, 0.4) is 0 Å². The van der Waals surface area contributed by atoms with E-state index in [1.807, 2.05) is 0 Å². The van der Waals surface area contributed by atoms with E-state index >= 15 is 0 Å². The Bertz CT molecular complexity index is 482. The van der Waals surface area contributed by atoms with Gasteiger partial charge in [-0.1, -0.05) is 0 Å². The highest BCUT2D eigenvalue weighted by molar-refractivity contribution is 5.88. The van der Waals surface area contributed by atoms with Gasteiger partial charge in [0.25, 0.3) is 0 Å². The molecule has 20 heavy (non-hydrogen) atoms. The molecular formula is C13H17NO6. The van der Waals surface area contributed by atoms with E-state index in [4.69, 9.17) is 20.1 Å². The van der Waals surface area contributed by atoms with Gasteiger partial charge in [0.05, 0.1) is 12.7 Å². The van der Waals surface area contributed by atoms with Gasteiger partial charge in [-0.3, -0.25) is 4.79 Å². The van der Waals surface area contributed by atoms with Crippen LogP contribution in [-0.2, 0) is 4.79 Å². The average Bonchev–Trinajstić information content (AvgIpc) is 2.94. The van der Waals surface area contributed by atoms with Gasteiger partial charge in [-0.15, -0.1) is 0 Å². The number of benzene rings is 1. The first-order valence-corrected chi connectivity index (χ1v) is 6.02. The Morgan fingerprint density at radius 1 is 1.35 bits per heavy atom. The number of carboxylic acid groups (broad SMARTS) is 2. The molecular weight excluding hydrogens is 266 g/mol. The molecule has 0 radical (unpaired) electrons. The number of aliphatic carboxylic acids is 1. The molecule has 1 heterocycles. The third-order valence-corrected chi connectivity index (χ3v) is 2.79. The number of phenolic OH excluding ortho intramolecular Hbond substituents is 1. The highest BCUT2D eigenvalue weighted by Crippen LogP contribution is 2.25. The van der Waals surface area contributed by atoms with Crippen molar-refractivity contribution in [1.82, 2.24) is 5.32 Å². The smallest absolute Gasteiger partial charge is 0.335 e. The first kappa shape index (κ1) is 15.8. The van der Waals surface area contributed by atoms with Gasteiger partial charge >= 0.3 is 11.9 Å². The van der Waals surface area contributed by atoms with Crippen molar-refractivity contribution < 1.29 is 29.6 Å². The van der Waals surface area contributed by atoms with Crippen molar-refractivity contribution in [3.63, 3.8) is 0 Å². The van der Waals surface area contributed by atoms with Crippen molar-refractivity contribution in [2.24, 2.45) is 0 Å². The molecule has 1 aromatic carbocycles. The maximum absolute atomic E-state index is 10.4. The Morgan fingerprint density at radius 3 is 2.45 bits per heavy atom. The zero-order valence-electron chi connectivity index (χ0n) is 11.0. The molecule has 1 saturated heterocycles. The maximum atomic E-state index is 10.4. The Morgan fingerprint density at radius 2 is 2.05 bits per heavy atom. The number of nitrogens with one attached hydrogen (secondary N) is 1. The molecule has 7 heteroatoms. The number of carboxylic acids is 2. The van der Waals surface area contributed by atoms with Crippen LogP contribution in [0.4, 0.5) is 0 Å². The van der Waals surface area contributed by atoms with Gasteiger partial charge in [0.2, 0.25) is 0 Å². The van der Waals surface area contributed by atoms with Crippen LogP contribution < -0.4 is 10.1 Å². The van der Waals surface area contributed by atoms with E-state index in [1.165, 1.54) is 25.3 Å². The molecule has 110 valence electrons. The number of hydrogen-bond acceptors (Lipinski definition) is 5. The van der Waals surface area contributed by atoms with Crippen LogP contribution in [0.2, 0.25) is 0 Å². The molecule has 0 spiro atoms. The molecule has 0 unspecified atom stereocenters. The first-order chi connectivity index (χ1) is 9.45. The lowest BCUT2D eigenvalue weighted by molar-refractivity contribution is -0.139. The quantitative estimate of drug-likeness (QED) is 0.651. The van der Waals surface area contributed by atoms with E-state index in [0.717, 1.165) is 19.4 Å². The third kappa shape index (κ3) is 4.43. The Kier molecular flexibility index (Phi) is 5.79. The lowest BCUT2D eigenvalue weighted by atomic mass is 10.2. The summed E-state index contributed by atoms with van der Waals surface area (Å²) < 4.78 is 4.72. The van der Waals surface area contributed by atoms with Crippen molar-refractivity contribution in [3.05, 3.63) is 23.8 Å². The summed E-state index contributed by atoms with van der Waals surface area (Å²) in [5.41, 5.74) is 0.0876. The minimum atomic E-state index is -1.05. The maximum Gasteiger partial charge on any atom is 0.335 e. The molecule has 1 aromatic rings. The van der Waals surface area contributed by atoms with Gasteiger partial charge < -0.3 is 25.4 Å². The highest BCUT2D eigenvalue weighted by Gasteiger charge is 2.20. The van der Waals surface area contributed by atoms with Gasteiger partial charge in [0, 0.05) is 0 Å². The average molecular weight is 283 g/mol. The molecule has 1 atom stereocenters. The Balaban J connectivity index is 0.000000217. The van der Waals surface area contributed by atoms with Crippen LogP contribution in [0.15, 0.2) is 18.2 Å². The summed E-state index contributed by atoms with van der Waals surface area (Å²) in [6.45, 7) is 0.858. The lowest BCUT2D eigenvalue weighted by Crippen LogP contribution is -2.29. The van der Waals surface area contributed by atoms with Crippen molar-refractivity contribution in [1.29, 1.82) is 0 Å². The summed E-state index contributed by atoms with van der Waals surface area (Å²) in [5.74, 6) is -1.67. The van der Waals surface area contributed by atoms with E-state index in [1.54, 1.807) is 0 Å². The highest BCUT2D eigenvalue weighted by atomic mass is 16.5. The van der Waals surface area contributed by atoms with Crippen LogP contribution in [0.25, 0.3) is 0 Å². The van der Waals surface area contributed by atoms with Crippen LogP contribution in [0.5, 0.6) is 11.5 Å². The minimum Gasteiger partial charge on any atom is -0.504 e. The van der Waals surface area contributed by atoms with Gasteiger partial charge in [0.1, 0.15) is 6.04 Å². The monoisotopic (exact) mass is 283 g/mol. The lowest BCUT2D eigenvalue weighted by Gasteiger charge is -2.02.